The topological polar surface area (TPSA) is 64.3 Å². The van der Waals surface area contributed by atoms with E-state index >= 15 is 0 Å². The van der Waals surface area contributed by atoms with E-state index in [0.717, 1.165) is 10.0 Å². The van der Waals surface area contributed by atoms with Crippen LogP contribution in [0.2, 0.25) is 0 Å². The smallest absolute Gasteiger partial charge is 0.260 e. The first kappa shape index (κ1) is 15.0. The van der Waals surface area contributed by atoms with Gasteiger partial charge in [0.1, 0.15) is 5.75 Å². The number of carbonyl (C=O) groups is 1. The molecule has 0 radical (unpaired) electrons. The summed E-state index contributed by atoms with van der Waals surface area (Å²) in [6.07, 6.45) is -0.538. The highest BCUT2D eigenvalue weighted by Crippen LogP contribution is 2.28. The van der Waals surface area contributed by atoms with E-state index in [9.17, 15) is 4.79 Å². The molecule has 1 aromatic rings. The second-order valence-corrected chi connectivity index (χ2v) is 5.04. The number of halogens is 1. The number of carbonyl (C=O) groups excluding carboxylic acids is 1. The lowest BCUT2D eigenvalue weighted by Gasteiger charge is -2.18. The maximum atomic E-state index is 11.6. The van der Waals surface area contributed by atoms with Crippen molar-refractivity contribution in [3.05, 3.63) is 28.2 Å². The molecule has 0 aromatic heterocycles. The molecule has 1 rings (SSSR count). The molecule has 0 heterocycles. The van der Waals surface area contributed by atoms with Gasteiger partial charge in [-0.3, -0.25) is 4.79 Å². The summed E-state index contributed by atoms with van der Waals surface area (Å²) in [6.45, 7) is 6.06. The highest BCUT2D eigenvalue weighted by atomic mass is 79.9. The van der Waals surface area contributed by atoms with Gasteiger partial charge in [0.2, 0.25) is 0 Å². The van der Waals surface area contributed by atoms with Gasteiger partial charge in [-0.25, -0.2) is 0 Å². The molecule has 0 aliphatic rings. The van der Waals surface area contributed by atoms with E-state index in [1.807, 2.05) is 32.0 Å². The summed E-state index contributed by atoms with van der Waals surface area (Å²) in [5.41, 5.74) is 6.77. The van der Waals surface area contributed by atoms with E-state index in [1.54, 1.807) is 6.92 Å². The molecule has 4 nitrogen and oxygen atoms in total. The van der Waals surface area contributed by atoms with Crippen molar-refractivity contribution in [2.45, 2.75) is 32.9 Å². The zero-order valence-electron chi connectivity index (χ0n) is 10.9. The Morgan fingerprint density at radius 2 is 2.17 bits per heavy atom. The molecule has 0 spiro atoms. The molecule has 18 heavy (non-hydrogen) atoms. The minimum Gasteiger partial charge on any atom is -0.481 e. The van der Waals surface area contributed by atoms with Crippen LogP contribution in [0.15, 0.2) is 22.7 Å². The Kier molecular flexibility index (Phi) is 5.62. The van der Waals surface area contributed by atoms with Crippen LogP contribution in [0.5, 0.6) is 5.75 Å². The van der Waals surface area contributed by atoms with E-state index in [2.05, 4.69) is 21.2 Å². The molecule has 0 bridgehead atoms. The lowest BCUT2D eigenvalue weighted by molar-refractivity contribution is -0.127. The summed E-state index contributed by atoms with van der Waals surface area (Å²) in [5, 5.41) is 2.72. The Morgan fingerprint density at radius 3 is 2.72 bits per heavy atom. The molecule has 2 atom stereocenters. The van der Waals surface area contributed by atoms with Crippen LogP contribution in [0.4, 0.5) is 0 Å². The molecular weight excluding hydrogens is 296 g/mol. The van der Waals surface area contributed by atoms with E-state index in [0.29, 0.717) is 12.3 Å². The van der Waals surface area contributed by atoms with Gasteiger partial charge in [-0.2, -0.15) is 0 Å². The number of hydrogen-bond donors (Lipinski definition) is 2. The number of nitrogens with one attached hydrogen (secondary N) is 1. The van der Waals surface area contributed by atoms with Crippen LogP contribution in [0.25, 0.3) is 0 Å². The molecule has 1 amide bonds. The fourth-order valence-corrected chi connectivity index (χ4v) is 1.92. The van der Waals surface area contributed by atoms with Gasteiger partial charge < -0.3 is 15.8 Å². The van der Waals surface area contributed by atoms with Crippen LogP contribution >= 0.6 is 15.9 Å². The van der Waals surface area contributed by atoms with Crippen molar-refractivity contribution >= 4 is 21.8 Å². The van der Waals surface area contributed by atoms with E-state index in [4.69, 9.17) is 10.5 Å². The fourth-order valence-electron chi connectivity index (χ4n) is 1.54. The lowest BCUT2D eigenvalue weighted by atomic mass is 10.1. The van der Waals surface area contributed by atoms with Crippen LogP contribution in [-0.2, 0) is 4.79 Å². The molecule has 1 unspecified atom stereocenters. The van der Waals surface area contributed by atoms with E-state index in [1.165, 1.54) is 0 Å². The Labute approximate surface area is 116 Å². The SMILES string of the molecule is CCNC(=O)C(C)Oc1ccc(Br)cc1[C@H](C)N. The third-order valence-electron chi connectivity index (χ3n) is 2.49. The minimum atomic E-state index is -0.538. The molecule has 3 N–H and O–H groups in total. The summed E-state index contributed by atoms with van der Waals surface area (Å²) in [7, 11) is 0. The van der Waals surface area contributed by atoms with Crippen molar-refractivity contribution in [3.8, 4) is 5.75 Å². The maximum Gasteiger partial charge on any atom is 0.260 e. The normalized spacial score (nSPS) is 13.8. The number of benzene rings is 1. The zero-order valence-corrected chi connectivity index (χ0v) is 12.5. The fraction of sp³-hybridized carbons (Fsp3) is 0.462. The van der Waals surface area contributed by atoms with Crippen LogP contribution in [0.3, 0.4) is 0 Å². The van der Waals surface area contributed by atoms with Crippen molar-refractivity contribution in [1.82, 2.24) is 5.32 Å². The number of ether oxygens (including phenoxy) is 1. The largest absolute Gasteiger partial charge is 0.481 e. The van der Waals surface area contributed by atoms with Crippen LogP contribution in [-0.4, -0.2) is 18.6 Å². The summed E-state index contributed by atoms with van der Waals surface area (Å²) >= 11 is 3.39. The van der Waals surface area contributed by atoms with Gasteiger partial charge >= 0.3 is 0 Å². The molecule has 0 saturated heterocycles. The van der Waals surface area contributed by atoms with E-state index in [-0.39, 0.29) is 11.9 Å². The Bertz CT molecular complexity index is 421. The van der Waals surface area contributed by atoms with Crippen molar-refractivity contribution in [3.63, 3.8) is 0 Å². The second-order valence-electron chi connectivity index (χ2n) is 4.13. The van der Waals surface area contributed by atoms with Crippen molar-refractivity contribution in [1.29, 1.82) is 0 Å². The average molecular weight is 315 g/mol. The maximum absolute atomic E-state index is 11.6. The van der Waals surface area contributed by atoms with Crippen LogP contribution in [0.1, 0.15) is 32.4 Å². The van der Waals surface area contributed by atoms with Gasteiger partial charge in [-0.1, -0.05) is 15.9 Å². The Morgan fingerprint density at radius 1 is 1.50 bits per heavy atom. The first-order valence-electron chi connectivity index (χ1n) is 5.95. The molecule has 0 aliphatic heterocycles. The number of likely N-dealkylation sites (N-methyl/N-ethyl adjacent to an activating group) is 1. The molecule has 0 fully saturated rings. The standard InChI is InChI=1S/C13H19BrN2O2/c1-4-16-13(17)9(3)18-12-6-5-10(14)7-11(12)8(2)15/h5-9H,4,15H2,1-3H3,(H,16,17)/t8-,9?/m0/s1. The van der Waals surface area contributed by atoms with Crippen LogP contribution < -0.4 is 15.8 Å². The predicted molar refractivity (Wildman–Crippen MR) is 75.5 cm³/mol. The lowest BCUT2D eigenvalue weighted by Crippen LogP contribution is -2.36. The third kappa shape index (κ3) is 3.99. The van der Waals surface area contributed by atoms with Gasteiger partial charge in [0, 0.05) is 22.6 Å². The summed E-state index contributed by atoms with van der Waals surface area (Å²) in [4.78, 5) is 11.6. The number of hydrogen-bond acceptors (Lipinski definition) is 3. The zero-order chi connectivity index (χ0) is 13.7. The first-order chi connectivity index (χ1) is 8.45. The third-order valence-corrected chi connectivity index (χ3v) is 2.98. The average Bonchev–Trinajstić information content (AvgIpc) is 2.31. The molecule has 0 aliphatic carbocycles. The highest BCUT2D eigenvalue weighted by molar-refractivity contribution is 9.10. The quantitative estimate of drug-likeness (QED) is 0.877. The summed E-state index contributed by atoms with van der Waals surface area (Å²) < 4.78 is 6.60. The molecule has 5 heteroatoms. The number of rotatable bonds is 5. The monoisotopic (exact) mass is 314 g/mol. The summed E-state index contributed by atoms with van der Waals surface area (Å²) in [5.74, 6) is 0.517. The molecule has 1 aromatic carbocycles. The Hall–Kier alpha value is -1.07. The number of nitrogens with two attached hydrogens (primary N) is 1. The van der Waals surface area contributed by atoms with Gasteiger partial charge in [0.15, 0.2) is 6.10 Å². The van der Waals surface area contributed by atoms with Gasteiger partial charge in [-0.05, 0) is 39.0 Å². The van der Waals surface area contributed by atoms with E-state index < -0.39 is 6.10 Å². The van der Waals surface area contributed by atoms with Gasteiger partial charge in [0.05, 0.1) is 0 Å². The molecular formula is C13H19BrN2O2. The van der Waals surface area contributed by atoms with Gasteiger partial charge in [-0.15, -0.1) is 0 Å². The van der Waals surface area contributed by atoms with Crippen molar-refractivity contribution in [2.75, 3.05) is 6.54 Å². The number of amides is 1. The predicted octanol–water partition coefficient (Wildman–Crippen LogP) is 2.37. The summed E-state index contributed by atoms with van der Waals surface area (Å²) in [6, 6.07) is 5.44. The highest BCUT2D eigenvalue weighted by Gasteiger charge is 2.16. The van der Waals surface area contributed by atoms with Crippen molar-refractivity contribution in [2.24, 2.45) is 5.73 Å². The Balaban J connectivity index is 2.87. The van der Waals surface area contributed by atoms with Gasteiger partial charge in [0.25, 0.3) is 5.91 Å². The molecule has 0 saturated carbocycles. The minimum absolute atomic E-state index is 0.129. The first-order valence-corrected chi connectivity index (χ1v) is 6.74. The second kappa shape index (κ2) is 6.75. The molecule has 100 valence electrons. The van der Waals surface area contributed by atoms with Crippen LogP contribution in [0, 0.1) is 0 Å². The van der Waals surface area contributed by atoms with Crippen molar-refractivity contribution < 1.29 is 9.53 Å².